The van der Waals surface area contributed by atoms with E-state index in [2.05, 4.69) is 43.1 Å². The van der Waals surface area contributed by atoms with E-state index in [1.165, 1.54) is 22.3 Å². The van der Waals surface area contributed by atoms with E-state index in [1.807, 2.05) is 24.3 Å². The number of ether oxygens (including phenoxy) is 5. The molecule has 0 aliphatic carbocycles. The Kier molecular flexibility index (Phi) is 21.0. The highest BCUT2D eigenvalue weighted by Crippen LogP contribution is 2.40. The highest BCUT2D eigenvalue weighted by molar-refractivity contribution is 5.77. The molecule has 4 N–H and O–H groups in total. The van der Waals surface area contributed by atoms with E-state index in [0.29, 0.717) is 11.5 Å². The molecule has 2 aromatic rings. The van der Waals surface area contributed by atoms with Gasteiger partial charge in [-0.25, -0.2) is 9.59 Å². The normalized spacial score (nSPS) is 17.9. The number of hydrogen-bond acceptors (Lipinski definition) is 15. The third-order valence-corrected chi connectivity index (χ3v) is 8.26. The van der Waals surface area contributed by atoms with Crippen molar-refractivity contribution in [2.75, 3.05) is 27.3 Å². The number of carbonyl (C=O) groups excluding carboxylic acids is 6. The van der Waals surface area contributed by atoms with Gasteiger partial charge in [-0.2, -0.15) is 19.2 Å². The van der Waals surface area contributed by atoms with Gasteiger partial charge in [0.05, 0.1) is 14.2 Å². The molecule has 0 amide bonds. The summed E-state index contributed by atoms with van der Waals surface area (Å²) >= 11 is 0. The van der Waals surface area contributed by atoms with Crippen molar-refractivity contribution in [1.82, 2.24) is 10.6 Å². The summed E-state index contributed by atoms with van der Waals surface area (Å²) in [5.74, 6) is 1.61. The van der Waals surface area contributed by atoms with Crippen molar-refractivity contribution in [3.8, 4) is 23.0 Å². The minimum absolute atomic E-state index is 0.0217. The molecule has 2 atom stereocenters. The molecule has 2 aliphatic heterocycles. The molecule has 0 aromatic heterocycles. The fraction of sp³-hybridized carbons (Fsp3) is 0.600. The van der Waals surface area contributed by atoms with Gasteiger partial charge in [-0.1, -0.05) is 26.7 Å². The number of methoxy groups -OCH3 is 2. The predicted molar refractivity (Wildman–Crippen MR) is 201 cm³/mol. The monoisotopic (exact) mass is 776 g/mol. The maximum atomic E-state index is 11.0. The molecule has 4 rings (SSSR count). The Morgan fingerprint density at radius 3 is 1.24 bits per heavy atom. The maximum Gasteiger partial charge on any atom is 0.519 e. The van der Waals surface area contributed by atoms with Gasteiger partial charge in [0, 0.05) is 24.2 Å². The highest BCUT2D eigenvalue weighted by atomic mass is 16.8. The zero-order chi connectivity index (χ0) is 42.6. The van der Waals surface area contributed by atoms with Crippen LogP contribution in [-0.4, -0.2) is 73.3 Å². The second-order valence-electron chi connectivity index (χ2n) is 15.1. The topological polar surface area (TPSA) is 213 Å². The van der Waals surface area contributed by atoms with Crippen molar-refractivity contribution in [2.24, 2.45) is 0 Å². The minimum Gasteiger partial charge on any atom is -0.504 e. The van der Waals surface area contributed by atoms with Crippen molar-refractivity contribution in [3.63, 3.8) is 0 Å². The van der Waals surface area contributed by atoms with Crippen LogP contribution in [0.5, 0.6) is 23.0 Å². The van der Waals surface area contributed by atoms with Gasteiger partial charge in [-0.3, -0.25) is 0 Å². The summed E-state index contributed by atoms with van der Waals surface area (Å²) in [7, 11) is 3.18. The number of benzene rings is 2. The SMILES string of the molecule is CC(C)(C)OC(=O)OC(=O)OC(C)(C)C.CCCC1(C)NCCc2cc(OC)c(O)cc21.CCCC1(C)NCCc2cc(OC)c(O)cc21.O=C=O.O=C=O. The number of phenols is 2. The molecule has 0 spiro atoms. The molecule has 15 nitrogen and oxygen atoms in total. The van der Waals surface area contributed by atoms with Gasteiger partial charge in [0.2, 0.25) is 0 Å². The zero-order valence-corrected chi connectivity index (χ0v) is 34.4. The fourth-order valence-electron chi connectivity index (χ4n) is 6.18. The van der Waals surface area contributed by atoms with Crippen molar-refractivity contribution >= 4 is 24.6 Å². The van der Waals surface area contributed by atoms with Gasteiger partial charge in [-0.05, 0) is 128 Å². The van der Waals surface area contributed by atoms with Gasteiger partial charge >= 0.3 is 24.6 Å². The molecule has 0 bridgehead atoms. The maximum absolute atomic E-state index is 11.0. The number of rotatable bonds is 6. The molecule has 0 fully saturated rings. The molecule has 0 saturated carbocycles. The molecule has 0 radical (unpaired) electrons. The summed E-state index contributed by atoms with van der Waals surface area (Å²) in [5, 5.41) is 27.0. The third-order valence-electron chi connectivity index (χ3n) is 8.26. The Morgan fingerprint density at radius 1 is 0.673 bits per heavy atom. The van der Waals surface area contributed by atoms with Gasteiger partial charge in [0.25, 0.3) is 0 Å². The van der Waals surface area contributed by atoms with Crippen molar-refractivity contribution < 1.29 is 62.7 Å². The first-order chi connectivity index (χ1) is 25.5. The lowest BCUT2D eigenvalue weighted by molar-refractivity contribution is -0.193. The van der Waals surface area contributed by atoms with Gasteiger partial charge in [0.15, 0.2) is 23.0 Å². The van der Waals surface area contributed by atoms with E-state index >= 15 is 0 Å². The Labute approximate surface area is 324 Å². The van der Waals surface area contributed by atoms with Crippen LogP contribution in [-0.2, 0) is 57.3 Å². The van der Waals surface area contributed by atoms with Crippen LogP contribution in [0.4, 0.5) is 9.59 Å². The number of aromatic hydroxyl groups is 2. The Hall–Kier alpha value is -4.94. The zero-order valence-electron chi connectivity index (χ0n) is 34.4. The summed E-state index contributed by atoms with van der Waals surface area (Å²) < 4.78 is 24.1. The number of nitrogens with one attached hydrogen (secondary N) is 2. The number of carbonyl (C=O) groups is 2. The lowest BCUT2D eigenvalue weighted by atomic mass is 9.80. The van der Waals surface area contributed by atoms with Gasteiger partial charge < -0.3 is 44.5 Å². The van der Waals surface area contributed by atoms with Crippen LogP contribution in [0.15, 0.2) is 24.3 Å². The summed E-state index contributed by atoms with van der Waals surface area (Å²) in [6, 6.07) is 7.66. The van der Waals surface area contributed by atoms with E-state index in [1.54, 1.807) is 55.8 Å². The highest BCUT2D eigenvalue weighted by Gasteiger charge is 2.33. The van der Waals surface area contributed by atoms with Gasteiger partial charge in [-0.15, -0.1) is 0 Å². The first kappa shape index (κ1) is 50.1. The molecule has 2 heterocycles. The quantitative estimate of drug-likeness (QED) is 0.175. The number of phenolic OH excluding ortho intramolecular Hbond substituents is 2. The van der Waals surface area contributed by atoms with E-state index in [4.69, 9.17) is 38.1 Å². The van der Waals surface area contributed by atoms with E-state index < -0.39 is 23.5 Å². The molecule has 55 heavy (non-hydrogen) atoms. The van der Waals surface area contributed by atoms with Crippen LogP contribution in [0.1, 0.15) is 117 Å². The van der Waals surface area contributed by atoms with Crippen LogP contribution < -0.4 is 20.1 Å². The number of hydrogen-bond donors (Lipinski definition) is 4. The summed E-state index contributed by atoms with van der Waals surface area (Å²) in [5.41, 5.74) is 3.56. The van der Waals surface area contributed by atoms with Crippen LogP contribution in [0.2, 0.25) is 0 Å². The molecular formula is C40H60N2O13. The van der Waals surface area contributed by atoms with Crippen molar-refractivity contribution in [3.05, 3.63) is 46.5 Å². The van der Waals surface area contributed by atoms with Crippen LogP contribution in [0.25, 0.3) is 0 Å². The summed E-state index contributed by atoms with van der Waals surface area (Å²) in [6.07, 6.45) is 4.76. The fourth-order valence-corrected chi connectivity index (χ4v) is 6.18. The van der Waals surface area contributed by atoms with E-state index in [-0.39, 0.29) is 34.9 Å². The average molecular weight is 777 g/mol. The molecule has 15 heteroatoms. The van der Waals surface area contributed by atoms with Crippen molar-refractivity contribution in [2.45, 2.75) is 130 Å². The molecule has 0 saturated heterocycles. The molecule has 2 aliphatic rings. The van der Waals surface area contributed by atoms with Crippen molar-refractivity contribution in [1.29, 1.82) is 0 Å². The van der Waals surface area contributed by atoms with Gasteiger partial charge in [0.1, 0.15) is 11.2 Å². The molecule has 2 unspecified atom stereocenters. The Morgan fingerprint density at radius 2 is 0.982 bits per heavy atom. The number of fused-ring (bicyclic) bond motifs is 2. The van der Waals surface area contributed by atoms with Crippen LogP contribution in [0.3, 0.4) is 0 Å². The molecule has 308 valence electrons. The molecule has 2 aromatic carbocycles. The first-order valence-corrected chi connectivity index (χ1v) is 18.0. The predicted octanol–water partition coefficient (Wildman–Crippen LogP) is 6.83. The summed E-state index contributed by atoms with van der Waals surface area (Å²) in [4.78, 5) is 54.5. The van der Waals surface area contributed by atoms with E-state index in [0.717, 1.165) is 51.6 Å². The smallest absolute Gasteiger partial charge is 0.504 e. The standard InChI is InChI=1S/2C14H21NO2.C10H18O5.2CO2/c2*1-4-6-14(2)11-9-12(16)13(17-3)8-10(11)5-7-15-14;1-9(2,3)14-7(11)13-8(12)15-10(4,5)6;2*2-1-3/h2*8-9,15-16H,4-7H2,1-3H3;1-6H3;;. The van der Waals surface area contributed by atoms with Crippen LogP contribution in [0, 0.1) is 0 Å². The Balaban J connectivity index is 0.000000742. The lowest BCUT2D eigenvalue weighted by Crippen LogP contribution is -2.44. The molecular weight excluding hydrogens is 716 g/mol. The average Bonchev–Trinajstić information content (AvgIpc) is 3.05. The second-order valence-corrected chi connectivity index (χ2v) is 15.1. The second kappa shape index (κ2) is 23.1. The minimum atomic E-state index is -1.06. The lowest BCUT2D eigenvalue weighted by Gasteiger charge is -2.37. The van der Waals surface area contributed by atoms with Crippen LogP contribution >= 0.6 is 0 Å². The summed E-state index contributed by atoms with van der Waals surface area (Å²) in [6.45, 7) is 20.8. The van der Waals surface area contributed by atoms with E-state index in [9.17, 15) is 19.8 Å². The largest absolute Gasteiger partial charge is 0.519 e. The first-order valence-electron chi connectivity index (χ1n) is 18.0. The Bertz CT molecular complexity index is 1480. The third kappa shape index (κ3) is 17.4.